The summed E-state index contributed by atoms with van der Waals surface area (Å²) in [5, 5.41) is 5.51. The van der Waals surface area contributed by atoms with Crippen LogP contribution in [-0.2, 0) is 0 Å². The van der Waals surface area contributed by atoms with E-state index < -0.39 is 0 Å². The number of urea groups is 1. The van der Waals surface area contributed by atoms with Crippen molar-refractivity contribution in [1.82, 2.24) is 10.6 Å². The molecular weight excluding hydrogens is 166 g/mol. The van der Waals surface area contributed by atoms with Crippen LogP contribution in [0, 0.1) is 0 Å². The molecule has 0 saturated carbocycles. The highest BCUT2D eigenvalue weighted by Crippen LogP contribution is 1.98. The van der Waals surface area contributed by atoms with Crippen molar-refractivity contribution in [3.63, 3.8) is 0 Å². The van der Waals surface area contributed by atoms with Gasteiger partial charge in [-0.3, -0.25) is 0 Å². The Labute approximate surface area is 80.3 Å². The molecule has 0 aromatic rings. The van der Waals surface area contributed by atoms with Crippen LogP contribution in [0.1, 0.15) is 33.1 Å². The van der Waals surface area contributed by atoms with Crippen LogP contribution in [0.15, 0.2) is 0 Å². The average molecular weight is 187 g/mol. The van der Waals surface area contributed by atoms with Crippen LogP contribution in [0.5, 0.6) is 0 Å². The zero-order chi connectivity index (χ0) is 10.1. The van der Waals surface area contributed by atoms with Gasteiger partial charge in [-0.1, -0.05) is 19.8 Å². The first-order valence-electron chi connectivity index (χ1n) is 4.99. The summed E-state index contributed by atoms with van der Waals surface area (Å²) in [4.78, 5) is 11.1. The number of nitrogens with two attached hydrogens (primary N) is 1. The molecule has 0 radical (unpaired) electrons. The molecule has 0 aromatic carbocycles. The molecule has 4 heteroatoms. The topological polar surface area (TPSA) is 67.1 Å². The lowest BCUT2D eigenvalue weighted by Gasteiger charge is -2.16. The third-order valence-corrected chi connectivity index (χ3v) is 1.86. The molecule has 0 aromatic heterocycles. The number of nitrogens with one attached hydrogen (secondary N) is 2. The highest BCUT2D eigenvalue weighted by Gasteiger charge is 2.08. The number of amides is 2. The van der Waals surface area contributed by atoms with Crippen LogP contribution in [0.25, 0.3) is 0 Å². The zero-order valence-corrected chi connectivity index (χ0v) is 8.60. The van der Waals surface area contributed by atoms with Crippen molar-refractivity contribution in [3.8, 4) is 0 Å². The largest absolute Gasteiger partial charge is 0.338 e. The van der Waals surface area contributed by atoms with Crippen LogP contribution in [0.4, 0.5) is 4.79 Å². The number of carbonyl (C=O) groups excluding carboxylic acids is 1. The molecule has 1 atom stereocenters. The predicted octanol–water partition coefficient (Wildman–Crippen LogP) is 0.823. The van der Waals surface area contributed by atoms with Gasteiger partial charge in [0.2, 0.25) is 0 Å². The summed E-state index contributed by atoms with van der Waals surface area (Å²) >= 11 is 0. The second-order valence-electron chi connectivity index (χ2n) is 3.08. The summed E-state index contributed by atoms with van der Waals surface area (Å²) in [6, 6.07) is 0.000512. The van der Waals surface area contributed by atoms with E-state index in [1.165, 1.54) is 0 Å². The van der Waals surface area contributed by atoms with Crippen molar-refractivity contribution in [2.45, 2.75) is 39.2 Å². The van der Waals surface area contributed by atoms with Crippen LogP contribution >= 0.6 is 0 Å². The van der Waals surface area contributed by atoms with Gasteiger partial charge < -0.3 is 16.4 Å². The SMILES string of the molecule is CCCCC(CN)NC(=O)NCC. The summed E-state index contributed by atoms with van der Waals surface area (Å²) in [6.45, 7) is 5.18. The van der Waals surface area contributed by atoms with Gasteiger partial charge in [0.05, 0.1) is 0 Å². The van der Waals surface area contributed by atoms with Crippen molar-refractivity contribution < 1.29 is 4.79 Å². The van der Waals surface area contributed by atoms with Crippen LogP contribution in [0.3, 0.4) is 0 Å². The maximum Gasteiger partial charge on any atom is 0.315 e. The van der Waals surface area contributed by atoms with E-state index in [1.807, 2.05) is 6.92 Å². The lowest BCUT2D eigenvalue weighted by atomic mass is 10.1. The third kappa shape index (κ3) is 6.40. The van der Waals surface area contributed by atoms with Gasteiger partial charge in [0, 0.05) is 19.1 Å². The smallest absolute Gasteiger partial charge is 0.315 e. The van der Waals surface area contributed by atoms with Crippen LogP contribution in [-0.4, -0.2) is 25.2 Å². The van der Waals surface area contributed by atoms with E-state index in [0.717, 1.165) is 19.3 Å². The highest BCUT2D eigenvalue weighted by molar-refractivity contribution is 5.74. The van der Waals surface area contributed by atoms with Crippen molar-refractivity contribution in [2.24, 2.45) is 5.73 Å². The zero-order valence-electron chi connectivity index (χ0n) is 8.60. The van der Waals surface area contributed by atoms with E-state index >= 15 is 0 Å². The Kier molecular flexibility index (Phi) is 7.39. The Hall–Kier alpha value is -0.770. The number of unbranched alkanes of at least 4 members (excludes halogenated alkanes) is 1. The molecule has 0 aliphatic carbocycles. The van der Waals surface area contributed by atoms with Crippen molar-refractivity contribution >= 4 is 6.03 Å². The molecule has 0 aliphatic heterocycles. The number of hydrogen-bond acceptors (Lipinski definition) is 2. The quantitative estimate of drug-likeness (QED) is 0.576. The first kappa shape index (κ1) is 12.2. The maximum atomic E-state index is 11.1. The highest BCUT2D eigenvalue weighted by atomic mass is 16.2. The van der Waals surface area contributed by atoms with E-state index in [0.29, 0.717) is 13.1 Å². The first-order chi connectivity index (χ1) is 6.24. The molecule has 2 amide bonds. The Balaban J connectivity index is 3.62. The van der Waals surface area contributed by atoms with Crippen molar-refractivity contribution in [2.75, 3.05) is 13.1 Å². The van der Waals surface area contributed by atoms with E-state index in [2.05, 4.69) is 17.6 Å². The lowest BCUT2D eigenvalue weighted by molar-refractivity contribution is 0.237. The molecule has 1 unspecified atom stereocenters. The van der Waals surface area contributed by atoms with Gasteiger partial charge in [-0.15, -0.1) is 0 Å². The predicted molar refractivity (Wildman–Crippen MR) is 54.6 cm³/mol. The minimum absolute atomic E-state index is 0.117. The Morgan fingerprint density at radius 2 is 2.15 bits per heavy atom. The maximum absolute atomic E-state index is 11.1. The van der Waals surface area contributed by atoms with Gasteiger partial charge in [-0.25, -0.2) is 4.79 Å². The molecule has 0 rings (SSSR count). The Bertz CT molecular complexity index is 139. The Morgan fingerprint density at radius 1 is 1.46 bits per heavy atom. The van der Waals surface area contributed by atoms with Gasteiger partial charge in [-0.2, -0.15) is 0 Å². The molecule has 78 valence electrons. The monoisotopic (exact) mass is 187 g/mol. The number of rotatable bonds is 6. The molecule has 0 bridgehead atoms. The minimum atomic E-state index is -0.117. The van der Waals surface area contributed by atoms with Crippen molar-refractivity contribution in [1.29, 1.82) is 0 Å². The second-order valence-corrected chi connectivity index (χ2v) is 3.08. The first-order valence-corrected chi connectivity index (χ1v) is 4.99. The van der Waals surface area contributed by atoms with Gasteiger partial charge in [-0.05, 0) is 13.3 Å². The molecule has 0 spiro atoms. The molecule has 0 fully saturated rings. The normalized spacial score (nSPS) is 12.2. The van der Waals surface area contributed by atoms with E-state index in [9.17, 15) is 4.79 Å². The Morgan fingerprint density at radius 3 is 2.62 bits per heavy atom. The molecule has 4 N–H and O–H groups in total. The van der Waals surface area contributed by atoms with E-state index in [4.69, 9.17) is 5.73 Å². The molecule has 13 heavy (non-hydrogen) atoms. The third-order valence-electron chi connectivity index (χ3n) is 1.86. The summed E-state index contributed by atoms with van der Waals surface area (Å²) < 4.78 is 0. The molecule has 0 aliphatic rings. The minimum Gasteiger partial charge on any atom is -0.338 e. The standard InChI is InChI=1S/C9H21N3O/c1-3-5-6-8(7-10)12-9(13)11-4-2/h8H,3-7,10H2,1-2H3,(H2,11,12,13). The fraction of sp³-hybridized carbons (Fsp3) is 0.889. The molecule has 4 nitrogen and oxygen atoms in total. The molecule has 0 heterocycles. The molecular formula is C9H21N3O. The summed E-state index contributed by atoms with van der Waals surface area (Å²) in [5.41, 5.74) is 5.52. The van der Waals surface area contributed by atoms with Gasteiger partial charge >= 0.3 is 6.03 Å². The van der Waals surface area contributed by atoms with Crippen LogP contribution < -0.4 is 16.4 Å². The number of carbonyl (C=O) groups is 1. The lowest BCUT2D eigenvalue weighted by Crippen LogP contribution is -2.45. The summed E-state index contributed by atoms with van der Waals surface area (Å²) in [6.07, 6.45) is 3.20. The van der Waals surface area contributed by atoms with Gasteiger partial charge in [0.25, 0.3) is 0 Å². The van der Waals surface area contributed by atoms with E-state index in [-0.39, 0.29) is 12.1 Å². The van der Waals surface area contributed by atoms with E-state index in [1.54, 1.807) is 0 Å². The molecule has 0 saturated heterocycles. The summed E-state index contributed by atoms with van der Waals surface area (Å²) in [5.74, 6) is 0. The summed E-state index contributed by atoms with van der Waals surface area (Å²) in [7, 11) is 0. The fourth-order valence-corrected chi connectivity index (χ4v) is 1.10. The average Bonchev–Trinajstić information content (AvgIpc) is 2.12. The van der Waals surface area contributed by atoms with Gasteiger partial charge in [0.15, 0.2) is 0 Å². The fourth-order valence-electron chi connectivity index (χ4n) is 1.10. The number of hydrogen-bond donors (Lipinski definition) is 3. The van der Waals surface area contributed by atoms with Crippen LogP contribution in [0.2, 0.25) is 0 Å². The van der Waals surface area contributed by atoms with Gasteiger partial charge in [0.1, 0.15) is 0 Å². The second kappa shape index (κ2) is 7.86. The van der Waals surface area contributed by atoms with Crippen molar-refractivity contribution in [3.05, 3.63) is 0 Å².